The summed E-state index contributed by atoms with van der Waals surface area (Å²) in [6.07, 6.45) is 0.937. The third kappa shape index (κ3) is 1.70. The monoisotopic (exact) mass is 213 g/mol. The van der Waals surface area contributed by atoms with Crippen LogP contribution in [0.5, 0.6) is 0 Å². The van der Waals surface area contributed by atoms with E-state index in [2.05, 4.69) is 4.98 Å². The molecule has 0 bridgehead atoms. The molecular formula is C5H2ClF2NO2S. The summed E-state index contributed by atoms with van der Waals surface area (Å²) in [5.41, 5.74) is 0. The number of halogens is 3. The van der Waals surface area contributed by atoms with Crippen molar-refractivity contribution in [3.8, 4) is 0 Å². The molecule has 0 spiro atoms. The van der Waals surface area contributed by atoms with Crippen LogP contribution in [0.2, 0.25) is 5.15 Å². The van der Waals surface area contributed by atoms with Gasteiger partial charge in [0.25, 0.3) is 0 Å². The van der Waals surface area contributed by atoms with Gasteiger partial charge in [-0.3, -0.25) is 0 Å². The first-order valence-electron chi connectivity index (χ1n) is 2.67. The minimum atomic E-state index is -5.13. The molecule has 0 aliphatic heterocycles. The molecule has 0 fully saturated rings. The van der Waals surface area contributed by atoms with Crippen molar-refractivity contribution in [3.63, 3.8) is 0 Å². The maximum Gasteiger partial charge on any atom is 0.338 e. The van der Waals surface area contributed by atoms with E-state index in [4.69, 9.17) is 11.6 Å². The summed E-state index contributed by atoms with van der Waals surface area (Å²) < 4.78 is 45.3. The molecule has 1 rings (SSSR count). The average Bonchev–Trinajstić information content (AvgIpc) is 1.82. The Balaban J connectivity index is 3.53. The highest BCUT2D eigenvalue weighted by Gasteiger charge is 2.22. The molecule has 0 amide bonds. The number of rotatable bonds is 1. The van der Waals surface area contributed by atoms with Crippen LogP contribution in [-0.4, -0.2) is 13.4 Å². The molecule has 3 nitrogen and oxygen atoms in total. The number of hydrogen-bond acceptors (Lipinski definition) is 3. The molecule has 0 aliphatic rings. The SMILES string of the molecule is O=S(=O)(F)c1c(F)ccnc1Cl. The molecule has 0 atom stereocenters. The Hall–Kier alpha value is -0.750. The zero-order chi connectivity index (χ0) is 9.35. The molecule has 0 radical (unpaired) electrons. The van der Waals surface area contributed by atoms with Gasteiger partial charge in [-0.25, -0.2) is 9.37 Å². The highest BCUT2D eigenvalue weighted by Crippen LogP contribution is 2.23. The van der Waals surface area contributed by atoms with Crippen molar-refractivity contribution >= 4 is 21.8 Å². The van der Waals surface area contributed by atoms with Crippen molar-refractivity contribution in [2.45, 2.75) is 4.90 Å². The van der Waals surface area contributed by atoms with Crippen molar-refractivity contribution in [2.24, 2.45) is 0 Å². The lowest BCUT2D eigenvalue weighted by Gasteiger charge is -1.97. The van der Waals surface area contributed by atoms with Crippen molar-refractivity contribution in [3.05, 3.63) is 23.2 Å². The lowest BCUT2D eigenvalue weighted by Crippen LogP contribution is -1.98. The van der Waals surface area contributed by atoms with Gasteiger partial charge in [0.1, 0.15) is 5.82 Å². The van der Waals surface area contributed by atoms with E-state index < -0.39 is 26.1 Å². The van der Waals surface area contributed by atoms with Crippen molar-refractivity contribution in [2.75, 3.05) is 0 Å². The second kappa shape index (κ2) is 2.95. The first-order valence-corrected chi connectivity index (χ1v) is 4.44. The fraction of sp³-hybridized carbons (Fsp3) is 0. The Morgan fingerprint density at radius 3 is 2.42 bits per heavy atom. The molecule has 66 valence electrons. The number of nitrogens with zero attached hydrogens (tertiary/aromatic N) is 1. The molecule has 0 unspecified atom stereocenters. The van der Waals surface area contributed by atoms with Crippen LogP contribution >= 0.6 is 11.6 Å². The number of hydrogen-bond donors (Lipinski definition) is 0. The number of aromatic nitrogens is 1. The van der Waals surface area contributed by atoms with E-state index in [0.29, 0.717) is 6.07 Å². The predicted molar refractivity (Wildman–Crippen MR) is 37.5 cm³/mol. The topological polar surface area (TPSA) is 47.0 Å². The van der Waals surface area contributed by atoms with Crippen LogP contribution in [0.25, 0.3) is 0 Å². The zero-order valence-electron chi connectivity index (χ0n) is 5.46. The van der Waals surface area contributed by atoms with E-state index >= 15 is 0 Å². The van der Waals surface area contributed by atoms with Gasteiger partial charge in [-0.05, 0) is 6.07 Å². The van der Waals surface area contributed by atoms with Crippen LogP contribution in [0.4, 0.5) is 8.28 Å². The fourth-order valence-electron chi connectivity index (χ4n) is 0.618. The molecule has 0 aromatic carbocycles. The quantitative estimate of drug-likeness (QED) is 0.525. The van der Waals surface area contributed by atoms with Crippen molar-refractivity contribution < 1.29 is 16.7 Å². The Bertz CT molecular complexity index is 386. The van der Waals surface area contributed by atoms with E-state index in [-0.39, 0.29) is 0 Å². The first kappa shape index (κ1) is 9.34. The number of pyridine rings is 1. The Morgan fingerprint density at radius 2 is 2.08 bits per heavy atom. The predicted octanol–water partition coefficient (Wildman–Crippen LogP) is 1.53. The zero-order valence-corrected chi connectivity index (χ0v) is 7.03. The molecule has 1 heterocycles. The summed E-state index contributed by atoms with van der Waals surface area (Å²) in [6.45, 7) is 0. The second-order valence-corrected chi connectivity index (χ2v) is 3.49. The van der Waals surface area contributed by atoms with E-state index in [1.54, 1.807) is 0 Å². The summed E-state index contributed by atoms with van der Waals surface area (Å²) in [7, 11) is -5.13. The highest BCUT2D eigenvalue weighted by molar-refractivity contribution is 7.86. The fourth-order valence-corrected chi connectivity index (χ4v) is 1.60. The third-order valence-electron chi connectivity index (χ3n) is 1.06. The molecule has 0 N–H and O–H groups in total. The molecule has 0 aliphatic carbocycles. The lowest BCUT2D eigenvalue weighted by molar-refractivity contribution is 0.532. The maximum atomic E-state index is 12.6. The van der Waals surface area contributed by atoms with E-state index in [1.807, 2.05) is 0 Å². The Morgan fingerprint density at radius 1 is 1.50 bits per heavy atom. The van der Waals surface area contributed by atoms with Gasteiger partial charge in [0.15, 0.2) is 10.0 Å². The lowest BCUT2D eigenvalue weighted by atomic mass is 10.5. The van der Waals surface area contributed by atoms with Crippen LogP contribution < -0.4 is 0 Å². The Labute approximate surface area is 72.2 Å². The largest absolute Gasteiger partial charge is 0.338 e. The first-order chi connectivity index (χ1) is 5.43. The molecule has 1 aromatic heterocycles. The molecule has 0 saturated carbocycles. The molecule has 12 heavy (non-hydrogen) atoms. The van der Waals surface area contributed by atoms with Crippen LogP contribution in [0, 0.1) is 5.82 Å². The summed E-state index contributed by atoms with van der Waals surface area (Å²) >= 11 is 5.14. The summed E-state index contributed by atoms with van der Waals surface area (Å²) in [5.74, 6) is -1.25. The van der Waals surface area contributed by atoms with Gasteiger partial charge in [0.05, 0.1) is 0 Å². The van der Waals surface area contributed by atoms with E-state index in [0.717, 1.165) is 6.20 Å². The van der Waals surface area contributed by atoms with Crippen molar-refractivity contribution in [1.82, 2.24) is 4.98 Å². The van der Waals surface area contributed by atoms with Gasteiger partial charge >= 0.3 is 10.2 Å². The van der Waals surface area contributed by atoms with Gasteiger partial charge in [0.2, 0.25) is 0 Å². The maximum absolute atomic E-state index is 12.6. The van der Waals surface area contributed by atoms with E-state index in [1.165, 1.54) is 0 Å². The van der Waals surface area contributed by atoms with Gasteiger partial charge in [0, 0.05) is 6.20 Å². The normalized spacial score (nSPS) is 11.6. The molecule has 7 heteroatoms. The van der Waals surface area contributed by atoms with Crippen LogP contribution in [0.15, 0.2) is 17.2 Å². The van der Waals surface area contributed by atoms with Crippen LogP contribution in [0.1, 0.15) is 0 Å². The average molecular weight is 214 g/mol. The summed E-state index contributed by atoms with van der Waals surface area (Å²) in [4.78, 5) is 2.00. The molecule has 0 saturated heterocycles. The van der Waals surface area contributed by atoms with Crippen molar-refractivity contribution in [1.29, 1.82) is 0 Å². The third-order valence-corrected chi connectivity index (χ3v) is 2.33. The highest BCUT2D eigenvalue weighted by atomic mass is 35.5. The Kier molecular flexibility index (Phi) is 2.29. The summed E-state index contributed by atoms with van der Waals surface area (Å²) in [6, 6.07) is 0.707. The smallest absolute Gasteiger partial charge is 0.243 e. The minimum Gasteiger partial charge on any atom is -0.243 e. The second-order valence-electron chi connectivity index (χ2n) is 1.85. The van der Waals surface area contributed by atoms with E-state index in [9.17, 15) is 16.7 Å². The van der Waals surface area contributed by atoms with Gasteiger partial charge in [-0.2, -0.15) is 8.42 Å². The van der Waals surface area contributed by atoms with Crippen LogP contribution in [0.3, 0.4) is 0 Å². The van der Waals surface area contributed by atoms with Gasteiger partial charge in [-0.15, -0.1) is 3.89 Å². The standard InChI is InChI=1S/C5H2ClF2NO2S/c6-5-4(12(8,10)11)3(7)1-2-9-5/h1-2H. The molecule has 1 aromatic rings. The van der Waals surface area contributed by atoms with Crippen LogP contribution in [-0.2, 0) is 10.2 Å². The van der Waals surface area contributed by atoms with Gasteiger partial charge < -0.3 is 0 Å². The van der Waals surface area contributed by atoms with Gasteiger partial charge in [-0.1, -0.05) is 11.6 Å². The molecular weight excluding hydrogens is 212 g/mol. The minimum absolute atomic E-state index is 0.707. The summed E-state index contributed by atoms with van der Waals surface area (Å²) in [5, 5.41) is -0.711.